The molecule has 134 valence electrons. The number of carbonyl (C=O) groups is 1. The minimum atomic E-state index is -0.255. The highest BCUT2D eigenvalue weighted by molar-refractivity contribution is 6.42. The maximum Gasteiger partial charge on any atom is 0.319 e. The fourth-order valence-electron chi connectivity index (χ4n) is 2.22. The lowest BCUT2D eigenvalue weighted by atomic mass is 10.2. The Balaban J connectivity index is 1.75. The van der Waals surface area contributed by atoms with Crippen LogP contribution in [0.4, 0.5) is 10.5 Å². The van der Waals surface area contributed by atoms with Crippen LogP contribution in [0.25, 0.3) is 22.8 Å². The third-order valence-corrected chi connectivity index (χ3v) is 4.15. The van der Waals surface area contributed by atoms with E-state index in [-0.39, 0.29) is 12.1 Å². The van der Waals surface area contributed by atoms with Gasteiger partial charge in [-0.25, -0.2) is 4.79 Å². The first-order chi connectivity index (χ1) is 12.4. The molecule has 3 aromatic rings. The number of aromatic nitrogens is 2. The van der Waals surface area contributed by atoms with Gasteiger partial charge < -0.3 is 15.2 Å². The zero-order chi connectivity index (χ0) is 18.7. The molecule has 3 rings (SSSR count). The standard InChI is InChI=1S/C18H16Cl2N4O2/c1-10(2)21-18(25)22-13-6-3-11(4-7-13)16-23-17(26-24-16)12-5-8-14(19)15(20)9-12/h3-10H,1-2H3,(H2,21,22,25). The molecule has 0 radical (unpaired) electrons. The van der Waals surface area contributed by atoms with Crippen LogP contribution in [0.5, 0.6) is 0 Å². The first-order valence-electron chi connectivity index (χ1n) is 7.89. The molecule has 0 unspecified atom stereocenters. The van der Waals surface area contributed by atoms with E-state index in [1.54, 1.807) is 42.5 Å². The summed E-state index contributed by atoms with van der Waals surface area (Å²) in [7, 11) is 0. The summed E-state index contributed by atoms with van der Waals surface area (Å²) in [5, 5.41) is 10.4. The quantitative estimate of drug-likeness (QED) is 0.637. The van der Waals surface area contributed by atoms with Crippen molar-refractivity contribution in [1.29, 1.82) is 0 Å². The predicted octanol–water partition coefficient (Wildman–Crippen LogP) is 5.24. The molecule has 26 heavy (non-hydrogen) atoms. The number of benzene rings is 2. The minimum Gasteiger partial charge on any atom is -0.336 e. The van der Waals surface area contributed by atoms with E-state index in [2.05, 4.69) is 20.8 Å². The Labute approximate surface area is 160 Å². The summed E-state index contributed by atoms with van der Waals surface area (Å²) in [5.41, 5.74) is 2.11. The number of halogens is 2. The van der Waals surface area contributed by atoms with Crippen LogP contribution in [0.1, 0.15) is 13.8 Å². The molecule has 2 amide bonds. The maximum absolute atomic E-state index is 11.7. The Morgan fingerprint density at radius 2 is 1.73 bits per heavy atom. The smallest absolute Gasteiger partial charge is 0.319 e. The van der Waals surface area contributed by atoms with Crippen molar-refractivity contribution in [1.82, 2.24) is 15.5 Å². The lowest BCUT2D eigenvalue weighted by Gasteiger charge is -2.10. The molecule has 0 aliphatic carbocycles. The summed E-state index contributed by atoms with van der Waals surface area (Å²) < 4.78 is 5.30. The van der Waals surface area contributed by atoms with Gasteiger partial charge in [-0.3, -0.25) is 0 Å². The van der Waals surface area contributed by atoms with E-state index in [9.17, 15) is 4.79 Å². The van der Waals surface area contributed by atoms with Gasteiger partial charge in [0.05, 0.1) is 10.0 Å². The minimum absolute atomic E-state index is 0.0633. The lowest BCUT2D eigenvalue weighted by Crippen LogP contribution is -2.34. The van der Waals surface area contributed by atoms with Crippen LogP contribution in [0.15, 0.2) is 47.0 Å². The highest BCUT2D eigenvalue weighted by atomic mass is 35.5. The highest BCUT2D eigenvalue weighted by Crippen LogP contribution is 2.29. The lowest BCUT2D eigenvalue weighted by molar-refractivity contribution is 0.250. The van der Waals surface area contributed by atoms with E-state index in [1.807, 2.05) is 13.8 Å². The largest absolute Gasteiger partial charge is 0.336 e. The molecular formula is C18H16Cl2N4O2. The molecule has 0 saturated carbocycles. The maximum atomic E-state index is 11.7. The average molecular weight is 391 g/mol. The molecule has 0 aliphatic heterocycles. The average Bonchev–Trinajstić information content (AvgIpc) is 3.07. The zero-order valence-electron chi connectivity index (χ0n) is 14.1. The Bertz CT molecular complexity index is 923. The van der Waals surface area contributed by atoms with Gasteiger partial charge in [-0.15, -0.1) is 0 Å². The molecule has 1 aromatic heterocycles. The molecule has 8 heteroatoms. The topological polar surface area (TPSA) is 80.0 Å². The summed E-state index contributed by atoms with van der Waals surface area (Å²) in [6, 6.07) is 12.0. The summed E-state index contributed by atoms with van der Waals surface area (Å²) in [5.74, 6) is 0.779. The van der Waals surface area contributed by atoms with Crippen molar-refractivity contribution >= 4 is 34.9 Å². The number of rotatable bonds is 4. The van der Waals surface area contributed by atoms with Crippen molar-refractivity contribution in [3.8, 4) is 22.8 Å². The number of nitrogens with one attached hydrogen (secondary N) is 2. The molecule has 0 saturated heterocycles. The Morgan fingerprint density at radius 3 is 2.38 bits per heavy atom. The van der Waals surface area contributed by atoms with Crippen LogP contribution < -0.4 is 10.6 Å². The second kappa shape index (κ2) is 7.76. The second-order valence-corrected chi connectivity index (χ2v) is 6.70. The fourth-order valence-corrected chi connectivity index (χ4v) is 2.52. The van der Waals surface area contributed by atoms with E-state index >= 15 is 0 Å². The molecular weight excluding hydrogens is 375 g/mol. The van der Waals surface area contributed by atoms with E-state index in [0.717, 1.165) is 5.56 Å². The van der Waals surface area contributed by atoms with Crippen LogP contribution in [0, 0.1) is 0 Å². The Morgan fingerprint density at radius 1 is 1.04 bits per heavy atom. The summed E-state index contributed by atoms with van der Waals surface area (Å²) in [6.07, 6.45) is 0. The number of amides is 2. The van der Waals surface area contributed by atoms with Crippen molar-refractivity contribution in [3.63, 3.8) is 0 Å². The molecule has 1 heterocycles. The monoisotopic (exact) mass is 390 g/mol. The van der Waals surface area contributed by atoms with E-state index < -0.39 is 0 Å². The highest BCUT2D eigenvalue weighted by Gasteiger charge is 2.12. The number of urea groups is 1. The van der Waals surface area contributed by atoms with Gasteiger partial charge >= 0.3 is 6.03 Å². The predicted molar refractivity (Wildman–Crippen MR) is 102 cm³/mol. The summed E-state index contributed by atoms with van der Waals surface area (Å²) in [4.78, 5) is 16.1. The number of anilines is 1. The molecule has 6 nitrogen and oxygen atoms in total. The van der Waals surface area contributed by atoms with Gasteiger partial charge in [0.25, 0.3) is 5.89 Å². The van der Waals surface area contributed by atoms with Crippen LogP contribution in [-0.4, -0.2) is 22.2 Å². The van der Waals surface area contributed by atoms with Gasteiger partial charge in [-0.05, 0) is 56.3 Å². The molecule has 2 aromatic carbocycles. The summed E-state index contributed by atoms with van der Waals surface area (Å²) in [6.45, 7) is 3.79. The van der Waals surface area contributed by atoms with E-state index in [4.69, 9.17) is 27.7 Å². The molecule has 0 fully saturated rings. The first kappa shape index (κ1) is 18.2. The number of nitrogens with zero attached hydrogens (tertiary/aromatic N) is 2. The van der Waals surface area contributed by atoms with Gasteiger partial charge in [0.2, 0.25) is 5.82 Å². The molecule has 2 N–H and O–H groups in total. The number of carbonyl (C=O) groups excluding carboxylic acids is 1. The molecule has 0 bridgehead atoms. The van der Waals surface area contributed by atoms with Crippen molar-refractivity contribution in [2.24, 2.45) is 0 Å². The Hall–Kier alpha value is -2.57. The normalized spacial score (nSPS) is 10.8. The van der Waals surface area contributed by atoms with Gasteiger partial charge in [-0.2, -0.15) is 4.98 Å². The van der Waals surface area contributed by atoms with Crippen molar-refractivity contribution in [2.75, 3.05) is 5.32 Å². The summed E-state index contributed by atoms with van der Waals surface area (Å²) >= 11 is 11.9. The molecule has 0 atom stereocenters. The fraction of sp³-hybridized carbons (Fsp3) is 0.167. The van der Waals surface area contributed by atoms with Gasteiger partial charge in [0, 0.05) is 22.9 Å². The van der Waals surface area contributed by atoms with Gasteiger partial charge in [-0.1, -0.05) is 28.4 Å². The Kier molecular flexibility index (Phi) is 5.44. The molecule has 0 spiro atoms. The van der Waals surface area contributed by atoms with Gasteiger partial charge in [0.15, 0.2) is 0 Å². The second-order valence-electron chi connectivity index (χ2n) is 5.88. The van der Waals surface area contributed by atoms with Crippen molar-refractivity contribution in [2.45, 2.75) is 19.9 Å². The SMILES string of the molecule is CC(C)NC(=O)Nc1ccc(-c2noc(-c3ccc(Cl)c(Cl)c3)n2)cc1. The zero-order valence-corrected chi connectivity index (χ0v) is 15.6. The van der Waals surface area contributed by atoms with Gasteiger partial charge in [0.1, 0.15) is 0 Å². The first-order valence-corrected chi connectivity index (χ1v) is 8.65. The molecule has 0 aliphatic rings. The van der Waals surface area contributed by atoms with Crippen molar-refractivity contribution in [3.05, 3.63) is 52.5 Å². The van der Waals surface area contributed by atoms with Crippen molar-refractivity contribution < 1.29 is 9.32 Å². The van der Waals surface area contributed by atoms with E-state index in [1.165, 1.54) is 0 Å². The third kappa shape index (κ3) is 4.33. The van der Waals surface area contributed by atoms with Crippen LogP contribution in [0.3, 0.4) is 0 Å². The van der Waals surface area contributed by atoms with Crippen LogP contribution >= 0.6 is 23.2 Å². The van der Waals surface area contributed by atoms with E-state index in [0.29, 0.717) is 33.0 Å². The third-order valence-electron chi connectivity index (χ3n) is 3.41. The van der Waals surface area contributed by atoms with Crippen LogP contribution in [-0.2, 0) is 0 Å². The number of hydrogen-bond donors (Lipinski definition) is 2. The number of hydrogen-bond acceptors (Lipinski definition) is 4. The van der Waals surface area contributed by atoms with Crippen LogP contribution in [0.2, 0.25) is 10.0 Å².